The zero-order valence-electron chi connectivity index (χ0n) is 14.4. The zero-order chi connectivity index (χ0) is 17.0. The topological polar surface area (TPSA) is 73.6 Å². The third-order valence-electron chi connectivity index (χ3n) is 4.19. The Morgan fingerprint density at radius 2 is 1.95 bits per heavy atom. The molecule has 3 N–H and O–H groups in total. The van der Waals surface area contributed by atoms with Gasteiger partial charge < -0.3 is 20.2 Å². The van der Waals surface area contributed by atoms with Crippen molar-refractivity contribution in [2.75, 3.05) is 26.0 Å². The molecule has 0 saturated carbocycles. The molecule has 0 aliphatic rings. The highest BCUT2D eigenvalue weighted by molar-refractivity contribution is 6.74. The fourth-order valence-corrected chi connectivity index (χ4v) is 2.75. The normalized spacial score (nSPS) is 12.1. The second-order valence-corrected chi connectivity index (χ2v) is 11.6. The number of benzene rings is 1. The van der Waals surface area contributed by atoms with Gasteiger partial charge in [0, 0.05) is 6.54 Å². The highest BCUT2D eigenvalue weighted by Gasteiger charge is 2.36. The van der Waals surface area contributed by atoms with Gasteiger partial charge in [-0.2, -0.15) is 0 Å². The average Bonchev–Trinajstić information content (AvgIpc) is 2.42. The molecule has 1 aromatic carbocycles. The highest BCUT2D eigenvalue weighted by atomic mass is 28.4. The van der Waals surface area contributed by atoms with Crippen LogP contribution in [0.1, 0.15) is 31.1 Å². The smallest absolute Gasteiger partial charge is 0.253 e. The van der Waals surface area contributed by atoms with Crippen LogP contribution in [-0.4, -0.2) is 34.5 Å². The molecular weight excluding hydrogens is 296 g/mol. The lowest BCUT2D eigenvalue weighted by molar-refractivity contribution is 0.0946. The number of hydrogen-bond acceptors (Lipinski definition) is 4. The number of carbonyl (C=O) groups excluding carboxylic acids is 1. The Bertz CT molecular complexity index is 525. The summed E-state index contributed by atoms with van der Waals surface area (Å²) in [4.78, 5) is 12.2. The summed E-state index contributed by atoms with van der Waals surface area (Å²) < 4.78 is 11.1. The summed E-state index contributed by atoms with van der Waals surface area (Å²) in [6.07, 6.45) is 0. The maximum absolute atomic E-state index is 12.2. The number of ether oxygens (including phenoxy) is 1. The lowest BCUT2D eigenvalue weighted by atomic mass is 10.1. The van der Waals surface area contributed by atoms with Crippen molar-refractivity contribution in [2.45, 2.75) is 38.9 Å². The summed E-state index contributed by atoms with van der Waals surface area (Å²) in [6.45, 7) is 11.9. The predicted octanol–water partition coefficient (Wildman–Crippen LogP) is 3.03. The Morgan fingerprint density at radius 3 is 2.50 bits per heavy atom. The molecule has 0 spiro atoms. The van der Waals surface area contributed by atoms with Crippen LogP contribution in [0.15, 0.2) is 18.2 Å². The molecule has 22 heavy (non-hydrogen) atoms. The van der Waals surface area contributed by atoms with Crippen LogP contribution < -0.4 is 15.8 Å². The van der Waals surface area contributed by atoms with Crippen LogP contribution in [0.3, 0.4) is 0 Å². The van der Waals surface area contributed by atoms with Gasteiger partial charge in [0.2, 0.25) is 0 Å². The Balaban J connectivity index is 2.55. The van der Waals surface area contributed by atoms with Crippen molar-refractivity contribution < 1.29 is 14.0 Å². The van der Waals surface area contributed by atoms with E-state index in [9.17, 15) is 4.79 Å². The number of nitrogens with one attached hydrogen (secondary N) is 1. The van der Waals surface area contributed by atoms with E-state index in [-0.39, 0.29) is 10.9 Å². The second-order valence-electron chi connectivity index (χ2n) is 6.79. The number of carbonyl (C=O) groups is 1. The van der Waals surface area contributed by atoms with E-state index in [2.05, 4.69) is 39.2 Å². The van der Waals surface area contributed by atoms with Crippen molar-refractivity contribution in [3.63, 3.8) is 0 Å². The number of anilines is 1. The van der Waals surface area contributed by atoms with Gasteiger partial charge in [0.15, 0.2) is 8.32 Å². The summed E-state index contributed by atoms with van der Waals surface area (Å²) in [5.41, 5.74) is 6.69. The molecule has 1 aromatic rings. The molecule has 0 aliphatic carbocycles. The van der Waals surface area contributed by atoms with E-state index in [1.807, 2.05) is 0 Å². The Hall–Kier alpha value is -1.53. The van der Waals surface area contributed by atoms with Gasteiger partial charge in [-0.25, -0.2) is 0 Å². The van der Waals surface area contributed by atoms with E-state index in [1.54, 1.807) is 18.2 Å². The van der Waals surface area contributed by atoms with Crippen LogP contribution in [0.5, 0.6) is 5.75 Å². The van der Waals surface area contributed by atoms with E-state index in [0.29, 0.717) is 30.2 Å². The fraction of sp³-hybridized carbons (Fsp3) is 0.562. The summed E-state index contributed by atoms with van der Waals surface area (Å²) >= 11 is 0. The largest absolute Gasteiger partial charge is 0.495 e. The van der Waals surface area contributed by atoms with Crippen molar-refractivity contribution in [2.24, 2.45) is 0 Å². The van der Waals surface area contributed by atoms with Gasteiger partial charge in [0.25, 0.3) is 5.91 Å². The van der Waals surface area contributed by atoms with E-state index < -0.39 is 8.32 Å². The molecular formula is C16H28N2O3Si. The standard InChI is InChI=1S/C16H28N2O3Si/c1-16(2,3)22(5,6)21-11-10-18-15(19)12-8-7-9-13(20-4)14(12)17/h7-9H,10-11,17H2,1-6H3,(H,18,19). The van der Waals surface area contributed by atoms with Gasteiger partial charge >= 0.3 is 0 Å². The molecule has 1 rings (SSSR count). The van der Waals surface area contributed by atoms with Crippen LogP contribution in [0.4, 0.5) is 5.69 Å². The monoisotopic (exact) mass is 324 g/mol. The molecule has 0 unspecified atom stereocenters. The molecule has 0 fully saturated rings. The summed E-state index contributed by atoms with van der Waals surface area (Å²) in [5.74, 6) is 0.292. The molecule has 0 heterocycles. The third-order valence-corrected chi connectivity index (χ3v) is 8.73. The van der Waals surface area contributed by atoms with Gasteiger partial charge in [-0.1, -0.05) is 26.8 Å². The van der Waals surface area contributed by atoms with Crippen molar-refractivity contribution >= 4 is 19.9 Å². The lowest BCUT2D eigenvalue weighted by Gasteiger charge is -2.36. The Labute approximate surface area is 134 Å². The number of para-hydroxylation sites is 1. The first-order valence-corrected chi connectivity index (χ1v) is 10.4. The quantitative estimate of drug-likeness (QED) is 0.479. The van der Waals surface area contributed by atoms with Gasteiger partial charge in [0.1, 0.15) is 5.75 Å². The van der Waals surface area contributed by atoms with Crippen LogP contribution in [0.25, 0.3) is 0 Å². The van der Waals surface area contributed by atoms with Crippen molar-refractivity contribution in [3.05, 3.63) is 23.8 Å². The first-order chi connectivity index (χ1) is 10.1. The van der Waals surface area contributed by atoms with Gasteiger partial charge in [-0.05, 0) is 30.3 Å². The SMILES string of the molecule is COc1cccc(C(=O)NCCO[Si](C)(C)C(C)(C)C)c1N. The molecule has 0 aliphatic heterocycles. The average molecular weight is 324 g/mol. The second kappa shape index (κ2) is 7.15. The van der Waals surface area contributed by atoms with Crippen molar-refractivity contribution in [3.8, 4) is 5.75 Å². The first kappa shape index (κ1) is 18.5. The number of amides is 1. The van der Waals surface area contributed by atoms with Crippen LogP contribution >= 0.6 is 0 Å². The summed E-state index contributed by atoms with van der Waals surface area (Å²) in [6, 6.07) is 5.16. The zero-order valence-corrected chi connectivity index (χ0v) is 15.4. The Kier molecular flexibility index (Phi) is 6.02. The number of hydrogen-bond donors (Lipinski definition) is 2. The summed E-state index contributed by atoms with van der Waals surface area (Å²) in [7, 11) is -0.250. The number of nitrogens with two attached hydrogens (primary N) is 1. The minimum absolute atomic E-state index is 0.161. The maximum atomic E-state index is 12.2. The molecule has 0 saturated heterocycles. The third kappa shape index (κ3) is 4.48. The number of nitrogen functional groups attached to an aromatic ring is 1. The maximum Gasteiger partial charge on any atom is 0.253 e. The number of rotatable bonds is 6. The molecule has 1 amide bonds. The van der Waals surface area contributed by atoms with Gasteiger partial charge in [0.05, 0.1) is 25.0 Å². The summed E-state index contributed by atoms with van der Waals surface area (Å²) in [5, 5.41) is 3.00. The Morgan fingerprint density at radius 1 is 1.32 bits per heavy atom. The van der Waals surface area contributed by atoms with E-state index in [4.69, 9.17) is 14.9 Å². The van der Waals surface area contributed by atoms with Crippen LogP contribution in [0, 0.1) is 0 Å². The van der Waals surface area contributed by atoms with Crippen molar-refractivity contribution in [1.29, 1.82) is 0 Å². The molecule has 0 bridgehead atoms. The van der Waals surface area contributed by atoms with Crippen molar-refractivity contribution in [1.82, 2.24) is 5.32 Å². The number of methoxy groups -OCH3 is 1. The van der Waals surface area contributed by atoms with E-state index in [1.165, 1.54) is 7.11 Å². The van der Waals surface area contributed by atoms with Gasteiger partial charge in [-0.15, -0.1) is 0 Å². The minimum Gasteiger partial charge on any atom is -0.495 e. The van der Waals surface area contributed by atoms with Crippen LogP contribution in [-0.2, 0) is 4.43 Å². The van der Waals surface area contributed by atoms with E-state index >= 15 is 0 Å². The highest BCUT2D eigenvalue weighted by Crippen LogP contribution is 2.36. The molecule has 0 aromatic heterocycles. The molecule has 6 heteroatoms. The van der Waals surface area contributed by atoms with Crippen LogP contribution in [0.2, 0.25) is 18.1 Å². The predicted molar refractivity (Wildman–Crippen MR) is 92.9 cm³/mol. The molecule has 5 nitrogen and oxygen atoms in total. The lowest BCUT2D eigenvalue weighted by Crippen LogP contribution is -2.42. The van der Waals surface area contributed by atoms with Gasteiger partial charge in [-0.3, -0.25) is 4.79 Å². The first-order valence-electron chi connectivity index (χ1n) is 7.45. The fourth-order valence-electron chi connectivity index (χ4n) is 1.70. The molecule has 124 valence electrons. The molecule has 0 atom stereocenters. The minimum atomic E-state index is -1.78. The molecule has 0 radical (unpaired) electrons. The van der Waals surface area contributed by atoms with E-state index in [0.717, 1.165) is 0 Å².